The third-order valence-corrected chi connectivity index (χ3v) is 6.14. The first-order chi connectivity index (χ1) is 14.4. The van der Waals surface area contributed by atoms with Crippen LogP contribution in [0, 0.1) is 0 Å². The Hall–Kier alpha value is -3.09. The summed E-state index contributed by atoms with van der Waals surface area (Å²) in [6, 6.07) is 20.4. The fraction of sp³-hybridized carbons (Fsp3) is 0.0870. The average Bonchev–Trinajstić information content (AvgIpc) is 3.01. The van der Waals surface area contributed by atoms with Gasteiger partial charge in [-0.15, -0.1) is 11.8 Å². The van der Waals surface area contributed by atoms with Crippen molar-refractivity contribution in [3.8, 4) is 0 Å². The Labute approximate surface area is 182 Å². The van der Waals surface area contributed by atoms with E-state index in [1.807, 2.05) is 6.07 Å². The smallest absolute Gasteiger partial charge is 0.247 e. The van der Waals surface area contributed by atoms with Gasteiger partial charge in [-0.25, -0.2) is 4.90 Å². The molecule has 5 nitrogen and oxygen atoms in total. The van der Waals surface area contributed by atoms with Crippen molar-refractivity contribution < 1.29 is 14.4 Å². The highest BCUT2D eigenvalue weighted by Crippen LogP contribution is 2.37. The van der Waals surface area contributed by atoms with Crippen molar-refractivity contribution in [3.63, 3.8) is 0 Å². The van der Waals surface area contributed by atoms with Crippen molar-refractivity contribution in [2.75, 3.05) is 10.6 Å². The molecule has 30 heavy (non-hydrogen) atoms. The summed E-state index contributed by atoms with van der Waals surface area (Å²) in [7, 11) is 0. The summed E-state index contributed by atoms with van der Waals surface area (Å²) < 4.78 is 0. The number of benzene rings is 3. The molecule has 4 rings (SSSR count). The van der Waals surface area contributed by atoms with E-state index in [1.54, 1.807) is 60.7 Å². The van der Waals surface area contributed by atoms with Gasteiger partial charge in [0, 0.05) is 33.2 Å². The van der Waals surface area contributed by atoms with Crippen LogP contribution in [0.2, 0.25) is 5.02 Å². The van der Waals surface area contributed by atoms with Gasteiger partial charge in [0.1, 0.15) is 0 Å². The Morgan fingerprint density at radius 1 is 1.00 bits per heavy atom. The number of thioether (sulfide) groups is 1. The lowest BCUT2D eigenvalue weighted by Gasteiger charge is -2.19. The summed E-state index contributed by atoms with van der Waals surface area (Å²) in [5.41, 5.74) is 7.31. The number of carbonyl (C=O) groups is 3. The molecule has 3 aromatic carbocycles. The van der Waals surface area contributed by atoms with Gasteiger partial charge in [-0.3, -0.25) is 14.4 Å². The van der Waals surface area contributed by atoms with Crippen LogP contribution in [0.25, 0.3) is 0 Å². The number of amides is 2. The molecule has 1 heterocycles. The van der Waals surface area contributed by atoms with Crippen LogP contribution in [0.5, 0.6) is 0 Å². The monoisotopic (exact) mass is 436 g/mol. The number of ketones is 1. The first-order valence-corrected chi connectivity index (χ1v) is 10.5. The molecule has 0 saturated carbocycles. The fourth-order valence-corrected chi connectivity index (χ4v) is 4.63. The number of rotatable bonds is 5. The van der Waals surface area contributed by atoms with Crippen LogP contribution in [0.1, 0.15) is 22.3 Å². The SMILES string of the molecule is Nc1cccc(S[C@H]2CC(=O)N(c3ccc(Cl)cc3C(=O)c3ccccc3)C2=O)c1. The zero-order chi connectivity index (χ0) is 21.3. The van der Waals surface area contributed by atoms with E-state index in [9.17, 15) is 14.4 Å². The van der Waals surface area contributed by atoms with Crippen LogP contribution in [0.15, 0.2) is 77.7 Å². The molecule has 1 atom stereocenters. The third-order valence-electron chi connectivity index (χ3n) is 4.72. The third kappa shape index (κ3) is 3.97. The predicted octanol–water partition coefficient (Wildman–Crippen LogP) is 4.58. The first-order valence-electron chi connectivity index (χ1n) is 9.22. The molecule has 1 fully saturated rings. The van der Waals surface area contributed by atoms with Gasteiger partial charge < -0.3 is 5.73 Å². The summed E-state index contributed by atoms with van der Waals surface area (Å²) in [4.78, 5) is 40.9. The lowest BCUT2D eigenvalue weighted by atomic mass is 10.0. The highest BCUT2D eigenvalue weighted by atomic mass is 35.5. The van der Waals surface area contributed by atoms with E-state index in [0.717, 1.165) is 9.80 Å². The maximum Gasteiger partial charge on any atom is 0.247 e. The van der Waals surface area contributed by atoms with Gasteiger partial charge in [0.2, 0.25) is 11.8 Å². The van der Waals surface area contributed by atoms with Crippen molar-refractivity contribution in [3.05, 3.63) is 88.9 Å². The van der Waals surface area contributed by atoms with E-state index >= 15 is 0 Å². The average molecular weight is 437 g/mol. The molecule has 1 aliphatic heterocycles. The summed E-state index contributed by atoms with van der Waals surface area (Å²) >= 11 is 7.41. The number of anilines is 2. The molecule has 2 N–H and O–H groups in total. The zero-order valence-corrected chi connectivity index (χ0v) is 17.3. The van der Waals surface area contributed by atoms with Crippen LogP contribution in [0.4, 0.5) is 11.4 Å². The largest absolute Gasteiger partial charge is 0.399 e. The van der Waals surface area contributed by atoms with Crippen molar-refractivity contribution in [2.45, 2.75) is 16.6 Å². The number of halogens is 1. The van der Waals surface area contributed by atoms with E-state index in [0.29, 0.717) is 16.3 Å². The van der Waals surface area contributed by atoms with Crippen LogP contribution >= 0.6 is 23.4 Å². The minimum atomic E-state index is -0.588. The van der Waals surface area contributed by atoms with Gasteiger partial charge in [0.15, 0.2) is 5.78 Å². The molecule has 0 bridgehead atoms. The van der Waals surface area contributed by atoms with E-state index in [1.165, 1.54) is 17.8 Å². The Bertz CT molecular complexity index is 1150. The minimum absolute atomic E-state index is 0.0416. The van der Waals surface area contributed by atoms with Gasteiger partial charge in [0.25, 0.3) is 0 Å². The number of imide groups is 1. The van der Waals surface area contributed by atoms with Gasteiger partial charge in [-0.2, -0.15) is 0 Å². The maximum absolute atomic E-state index is 13.1. The van der Waals surface area contributed by atoms with Crippen molar-refractivity contribution in [1.29, 1.82) is 0 Å². The zero-order valence-electron chi connectivity index (χ0n) is 15.7. The van der Waals surface area contributed by atoms with Crippen LogP contribution in [0.3, 0.4) is 0 Å². The summed E-state index contributed by atoms with van der Waals surface area (Å²) in [5.74, 6) is -1.02. The van der Waals surface area contributed by atoms with Gasteiger partial charge in [-0.05, 0) is 36.4 Å². The molecule has 7 heteroatoms. The van der Waals surface area contributed by atoms with Crippen molar-refractivity contribution in [2.24, 2.45) is 0 Å². The Kier molecular flexibility index (Phi) is 5.61. The highest BCUT2D eigenvalue weighted by molar-refractivity contribution is 8.00. The van der Waals surface area contributed by atoms with Crippen LogP contribution < -0.4 is 10.6 Å². The van der Waals surface area contributed by atoms with Crippen LogP contribution in [-0.2, 0) is 9.59 Å². The summed E-state index contributed by atoms with van der Waals surface area (Å²) in [6.45, 7) is 0. The normalized spacial score (nSPS) is 16.2. The molecular weight excluding hydrogens is 420 g/mol. The molecule has 0 radical (unpaired) electrons. The van der Waals surface area contributed by atoms with Crippen molar-refractivity contribution in [1.82, 2.24) is 0 Å². The van der Waals surface area contributed by atoms with E-state index in [2.05, 4.69) is 0 Å². The number of nitrogens with zero attached hydrogens (tertiary/aromatic N) is 1. The second-order valence-corrected chi connectivity index (χ2v) is 8.52. The van der Waals surface area contributed by atoms with E-state index < -0.39 is 5.25 Å². The molecule has 0 unspecified atom stereocenters. The Morgan fingerprint density at radius 2 is 1.77 bits per heavy atom. The molecule has 1 aliphatic rings. The second-order valence-electron chi connectivity index (χ2n) is 6.81. The van der Waals surface area contributed by atoms with Crippen molar-refractivity contribution >= 4 is 52.3 Å². The van der Waals surface area contributed by atoms with Gasteiger partial charge in [0.05, 0.1) is 10.9 Å². The molecule has 150 valence electrons. The van der Waals surface area contributed by atoms with Gasteiger partial charge in [-0.1, -0.05) is 48.0 Å². The fourth-order valence-electron chi connectivity index (χ4n) is 3.33. The summed E-state index contributed by atoms with van der Waals surface area (Å²) in [5, 5.41) is -0.238. The Balaban J connectivity index is 1.68. The standard InChI is InChI=1S/C23H17ClN2O3S/c24-15-9-10-19(18(11-15)22(28)14-5-2-1-3-6-14)26-21(27)13-20(23(26)29)30-17-8-4-7-16(25)12-17/h1-12,20H,13,25H2/t20-/m0/s1. The van der Waals surface area contributed by atoms with Crippen LogP contribution in [-0.4, -0.2) is 22.8 Å². The molecule has 0 spiro atoms. The number of nitrogens with two attached hydrogens (primary N) is 1. The van der Waals surface area contributed by atoms with E-state index in [4.69, 9.17) is 17.3 Å². The molecule has 3 aromatic rings. The number of carbonyl (C=O) groups excluding carboxylic acids is 3. The lowest BCUT2D eigenvalue weighted by Crippen LogP contribution is -2.32. The number of hydrogen-bond donors (Lipinski definition) is 1. The quantitative estimate of drug-likeness (QED) is 0.360. The van der Waals surface area contributed by atoms with Gasteiger partial charge >= 0.3 is 0 Å². The first kappa shape index (κ1) is 20.2. The Morgan fingerprint density at radius 3 is 2.50 bits per heavy atom. The van der Waals surface area contributed by atoms with E-state index in [-0.39, 0.29) is 35.3 Å². The molecular formula is C23H17ClN2O3S. The second kappa shape index (κ2) is 8.34. The number of hydrogen-bond acceptors (Lipinski definition) is 5. The minimum Gasteiger partial charge on any atom is -0.399 e. The molecule has 0 aliphatic carbocycles. The molecule has 0 aromatic heterocycles. The molecule has 1 saturated heterocycles. The number of nitrogen functional groups attached to an aromatic ring is 1. The maximum atomic E-state index is 13.1. The lowest BCUT2D eigenvalue weighted by molar-refractivity contribution is -0.121. The molecule has 2 amide bonds. The summed E-state index contributed by atoms with van der Waals surface area (Å²) in [6.07, 6.45) is 0.0416. The topological polar surface area (TPSA) is 80.5 Å². The highest BCUT2D eigenvalue weighted by Gasteiger charge is 2.41. The predicted molar refractivity (Wildman–Crippen MR) is 119 cm³/mol.